The molecule has 0 bridgehead atoms. The maximum Gasteiger partial charge on any atom is 0.341 e. The van der Waals surface area contributed by atoms with E-state index in [-0.39, 0.29) is 0 Å². The number of hydrogen-bond acceptors (Lipinski definition) is 4. The van der Waals surface area contributed by atoms with Crippen LogP contribution in [0.15, 0.2) is 43.0 Å². The van der Waals surface area contributed by atoms with Crippen molar-refractivity contribution in [2.45, 2.75) is 6.92 Å². The first-order chi connectivity index (χ1) is 9.81. The molecule has 0 radical (unpaired) electrons. The van der Waals surface area contributed by atoms with E-state index in [0.717, 1.165) is 16.5 Å². The van der Waals surface area contributed by atoms with Crippen molar-refractivity contribution >= 4 is 16.9 Å². The van der Waals surface area contributed by atoms with E-state index in [1.54, 1.807) is 6.92 Å². The molecule has 0 atom stereocenters. The summed E-state index contributed by atoms with van der Waals surface area (Å²) in [5.74, 6) is -0.409. The summed E-state index contributed by atoms with van der Waals surface area (Å²) < 4.78 is 5.05. The minimum absolute atomic E-state index is 0.320. The predicted molar refractivity (Wildman–Crippen MR) is 75.3 cm³/mol. The first-order valence-corrected chi connectivity index (χ1v) is 6.35. The van der Waals surface area contributed by atoms with E-state index in [2.05, 4.69) is 15.0 Å². The zero-order chi connectivity index (χ0) is 13.9. The first kappa shape index (κ1) is 12.3. The fourth-order valence-electron chi connectivity index (χ4n) is 2.17. The summed E-state index contributed by atoms with van der Waals surface area (Å²) in [5, 5.41) is 1.01. The van der Waals surface area contributed by atoms with Gasteiger partial charge in [-0.2, -0.15) is 0 Å². The van der Waals surface area contributed by atoms with Crippen molar-refractivity contribution in [3.8, 4) is 11.3 Å². The van der Waals surface area contributed by atoms with Crippen LogP contribution in [0.25, 0.3) is 22.2 Å². The van der Waals surface area contributed by atoms with Crippen LogP contribution in [0.4, 0.5) is 0 Å². The molecule has 2 heterocycles. The van der Waals surface area contributed by atoms with E-state index in [1.165, 1.54) is 12.5 Å². The molecule has 5 heteroatoms. The van der Waals surface area contributed by atoms with Crippen LogP contribution in [0.5, 0.6) is 0 Å². The molecule has 0 saturated carbocycles. The van der Waals surface area contributed by atoms with E-state index in [9.17, 15) is 4.79 Å². The third-order valence-electron chi connectivity index (χ3n) is 3.05. The number of benzene rings is 1. The highest BCUT2D eigenvalue weighted by molar-refractivity contribution is 6.02. The van der Waals surface area contributed by atoms with Gasteiger partial charge in [-0.3, -0.25) is 0 Å². The van der Waals surface area contributed by atoms with Gasteiger partial charge in [0.15, 0.2) is 0 Å². The normalized spacial score (nSPS) is 10.7. The predicted octanol–water partition coefficient (Wildman–Crippen LogP) is 2.80. The van der Waals surface area contributed by atoms with Crippen molar-refractivity contribution in [2.75, 3.05) is 6.61 Å². The molecular weight excluding hydrogens is 254 g/mol. The minimum atomic E-state index is -0.409. The summed E-state index contributed by atoms with van der Waals surface area (Å²) in [6.45, 7) is 2.09. The molecule has 3 aromatic rings. The lowest BCUT2D eigenvalue weighted by Gasteiger charge is -2.06. The number of nitrogens with zero attached hydrogens (tertiary/aromatic N) is 2. The van der Waals surface area contributed by atoms with Crippen LogP contribution in [0.2, 0.25) is 0 Å². The minimum Gasteiger partial charge on any atom is -0.462 e. The molecule has 100 valence electrons. The fourth-order valence-corrected chi connectivity index (χ4v) is 2.17. The average Bonchev–Trinajstić information content (AvgIpc) is 2.91. The number of fused-ring (bicyclic) bond motifs is 1. The molecule has 0 amide bonds. The molecule has 0 spiro atoms. The Morgan fingerprint density at radius 1 is 1.35 bits per heavy atom. The summed E-state index contributed by atoms with van der Waals surface area (Å²) in [6.07, 6.45) is 4.76. The van der Waals surface area contributed by atoms with Gasteiger partial charge in [-0.25, -0.2) is 14.8 Å². The molecule has 0 aliphatic rings. The number of H-pyrrole nitrogens is 1. The van der Waals surface area contributed by atoms with Gasteiger partial charge in [0.2, 0.25) is 0 Å². The molecule has 0 fully saturated rings. The van der Waals surface area contributed by atoms with Gasteiger partial charge >= 0.3 is 5.97 Å². The fraction of sp³-hybridized carbons (Fsp3) is 0.133. The van der Waals surface area contributed by atoms with Crippen LogP contribution in [-0.4, -0.2) is 27.5 Å². The number of esters is 1. The molecule has 1 aromatic carbocycles. The summed E-state index contributed by atoms with van der Waals surface area (Å²) in [6, 6.07) is 7.86. The Bertz CT molecular complexity index is 764. The van der Waals surface area contributed by atoms with E-state index in [0.29, 0.717) is 17.9 Å². The highest BCUT2D eigenvalue weighted by Crippen LogP contribution is 2.29. The Labute approximate surface area is 115 Å². The van der Waals surface area contributed by atoms with Crippen LogP contribution in [-0.2, 0) is 4.74 Å². The van der Waals surface area contributed by atoms with Crippen molar-refractivity contribution in [1.29, 1.82) is 0 Å². The van der Waals surface area contributed by atoms with Crippen molar-refractivity contribution in [3.05, 3.63) is 48.5 Å². The number of nitrogens with one attached hydrogen (secondary N) is 1. The third-order valence-corrected chi connectivity index (χ3v) is 3.05. The molecule has 5 nitrogen and oxygen atoms in total. The van der Waals surface area contributed by atoms with Crippen molar-refractivity contribution in [1.82, 2.24) is 15.0 Å². The SMILES string of the molecule is CCOC(=O)c1cncnc1-c1c[nH]c2ccccc12. The summed E-state index contributed by atoms with van der Waals surface area (Å²) in [5.41, 5.74) is 2.82. The van der Waals surface area contributed by atoms with E-state index in [1.807, 2.05) is 30.5 Å². The molecule has 1 N–H and O–H groups in total. The molecule has 0 unspecified atom stereocenters. The highest BCUT2D eigenvalue weighted by atomic mass is 16.5. The maximum absolute atomic E-state index is 12.0. The van der Waals surface area contributed by atoms with Gasteiger partial charge in [-0.05, 0) is 13.0 Å². The van der Waals surface area contributed by atoms with Gasteiger partial charge in [-0.15, -0.1) is 0 Å². The lowest BCUT2D eigenvalue weighted by Crippen LogP contribution is -2.08. The quantitative estimate of drug-likeness (QED) is 0.741. The Hall–Kier alpha value is -2.69. The lowest BCUT2D eigenvalue weighted by molar-refractivity contribution is 0.0526. The van der Waals surface area contributed by atoms with Crippen LogP contribution >= 0.6 is 0 Å². The number of ether oxygens (including phenoxy) is 1. The van der Waals surface area contributed by atoms with Crippen LogP contribution in [0, 0.1) is 0 Å². The topological polar surface area (TPSA) is 67.9 Å². The smallest absolute Gasteiger partial charge is 0.341 e. The van der Waals surface area contributed by atoms with Gasteiger partial charge < -0.3 is 9.72 Å². The van der Waals surface area contributed by atoms with E-state index >= 15 is 0 Å². The second-order valence-corrected chi connectivity index (χ2v) is 4.25. The number of carbonyl (C=O) groups is 1. The van der Waals surface area contributed by atoms with E-state index < -0.39 is 5.97 Å². The van der Waals surface area contributed by atoms with Gasteiger partial charge in [-0.1, -0.05) is 18.2 Å². The highest BCUT2D eigenvalue weighted by Gasteiger charge is 2.17. The molecular formula is C15H13N3O2. The molecule has 3 rings (SSSR count). The summed E-state index contributed by atoms with van der Waals surface area (Å²) in [4.78, 5) is 23.3. The maximum atomic E-state index is 12.0. The number of para-hydroxylation sites is 1. The Morgan fingerprint density at radius 2 is 2.20 bits per heavy atom. The summed E-state index contributed by atoms with van der Waals surface area (Å²) in [7, 11) is 0. The third kappa shape index (κ3) is 2.03. The molecule has 0 saturated heterocycles. The Kier molecular flexibility index (Phi) is 3.16. The van der Waals surface area contributed by atoms with Crippen molar-refractivity contribution < 1.29 is 9.53 Å². The molecule has 20 heavy (non-hydrogen) atoms. The number of aromatic nitrogens is 3. The van der Waals surface area contributed by atoms with Crippen molar-refractivity contribution in [2.24, 2.45) is 0 Å². The largest absolute Gasteiger partial charge is 0.462 e. The molecule has 0 aliphatic carbocycles. The van der Waals surface area contributed by atoms with E-state index in [4.69, 9.17) is 4.74 Å². The van der Waals surface area contributed by atoms with Crippen LogP contribution in [0.3, 0.4) is 0 Å². The van der Waals surface area contributed by atoms with Crippen LogP contribution < -0.4 is 0 Å². The van der Waals surface area contributed by atoms with Crippen molar-refractivity contribution in [3.63, 3.8) is 0 Å². The van der Waals surface area contributed by atoms with Gasteiger partial charge in [0.1, 0.15) is 11.9 Å². The number of aromatic amines is 1. The van der Waals surface area contributed by atoms with Gasteiger partial charge in [0.05, 0.1) is 12.3 Å². The second kappa shape index (κ2) is 5.13. The monoisotopic (exact) mass is 267 g/mol. The lowest BCUT2D eigenvalue weighted by atomic mass is 10.1. The Balaban J connectivity index is 2.17. The van der Waals surface area contributed by atoms with Gasteiger partial charge in [0, 0.05) is 28.9 Å². The number of hydrogen-bond donors (Lipinski definition) is 1. The number of rotatable bonds is 3. The standard InChI is InChI=1S/C15H13N3O2/c1-2-20-15(19)12-7-16-9-18-14(12)11-8-17-13-6-4-3-5-10(11)13/h3-9,17H,2H2,1H3. The average molecular weight is 267 g/mol. The number of carbonyl (C=O) groups excluding carboxylic acids is 1. The van der Waals surface area contributed by atoms with Crippen LogP contribution in [0.1, 0.15) is 17.3 Å². The molecule has 0 aliphatic heterocycles. The Morgan fingerprint density at radius 3 is 3.05 bits per heavy atom. The zero-order valence-corrected chi connectivity index (χ0v) is 11.0. The first-order valence-electron chi connectivity index (χ1n) is 6.35. The van der Waals surface area contributed by atoms with Gasteiger partial charge in [0.25, 0.3) is 0 Å². The second-order valence-electron chi connectivity index (χ2n) is 4.25. The summed E-state index contributed by atoms with van der Waals surface area (Å²) >= 11 is 0. The molecule has 2 aromatic heterocycles. The zero-order valence-electron chi connectivity index (χ0n) is 11.0.